The van der Waals surface area contributed by atoms with Gasteiger partial charge in [-0.2, -0.15) is 0 Å². The highest BCUT2D eigenvalue weighted by Gasteiger charge is 2.15. The van der Waals surface area contributed by atoms with Crippen molar-refractivity contribution in [3.63, 3.8) is 0 Å². The zero-order valence-corrected chi connectivity index (χ0v) is 17.4. The fourth-order valence-corrected chi connectivity index (χ4v) is 3.68. The monoisotopic (exact) mass is 412 g/mol. The number of likely N-dealkylation sites (N-methyl/N-ethyl adjacent to an activating group) is 1. The van der Waals surface area contributed by atoms with Gasteiger partial charge < -0.3 is 15.1 Å². The summed E-state index contributed by atoms with van der Waals surface area (Å²) in [6.07, 6.45) is 5.26. The highest BCUT2D eigenvalue weighted by atomic mass is 15.4. The number of nitrogens with one attached hydrogen (secondary N) is 1. The van der Waals surface area contributed by atoms with Gasteiger partial charge >= 0.3 is 0 Å². The quantitative estimate of drug-likeness (QED) is 0.539. The van der Waals surface area contributed by atoms with E-state index < -0.39 is 0 Å². The van der Waals surface area contributed by atoms with E-state index in [1.807, 2.05) is 36.5 Å². The lowest BCUT2D eigenvalue weighted by Gasteiger charge is -2.34. The summed E-state index contributed by atoms with van der Waals surface area (Å²) >= 11 is 0. The predicted molar refractivity (Wildman–Crippen MR) is 122 cm³/mol. The third-order valence-electron chi connectivity index (χ3n) is 5.48. The Bertz CT molecular complexity index is 1130. The van der Waals surface area contributed by atoms with Gasteiger partial charge in [-0.1, -0.05) is 17.3 Å². The number of hydrogen-bond acceptors (Lipinski definition) is 7. The van der Waals surface area contributed by atoms with E-state index in [0.717, 1.165) is 48.8 Å². The van der Waals surface area contributed by atoms with Crippen LogP contribution in [0.3, 0.4) is 0 Å². The van der Waals surface area contributed by atoms with Gasteiger partial charge in [0.25, 0.3) is 0 Å². The number of rotatable bonds is 5. The van der Waals surface area contributed by atoms with Crippen molar-refractivity contribution in [1.82, 2.24) is 29.9 Å². The maximum absolute atomic E-state index is 4.73. The summed E-state index contributed by atoms with van der Waals surface area (Å²) in [5, 5.41) is 11.1. The van der Waals surface area contributed by atoms with Gasteiger partial charge in [-0.05, 0) is 49.5 Å². The molecule has 0 saturated carbocycles. The van der Waals surface area contributed by atoms with E-state index in [2.05, 4.69) is 61.7 Å². The van der Waals surface area contributed by atoms with Crippen LogP contribution in [0.4, 0.5) is 17.3 Å². The molecule has 1 aliphatic rings. The molecule has 0 atom stereocenters. The molecule has 2 aromatic carbocycles. The molecule has 5 rings (SSSR count). The molecule has 0 unspecified atom stereocenters. The van der Waals surface area contributed by atoms with Crippen LogP contribution in [0.15, 0.2) is 73.2 Å². The van der Waals surface area contributed by atoms with Crippen molar-refractivity contribution >= 4 is 17.3 Å². The smallest absolute Gasteiger partial charge is 0.227 e. The molecule has 0 spiro atoms. The van der Waals surface area contributed by atoms with Crippen molar-refractivity contribution in [3.05, 3.63) is 73.2 Å². The average molecular weight is 413 g/mol. The lowest BCUT2D eigenvalue weighted by atomic mass is 10.1. The minimum atomic E-state index is 0.566. The molecule has 2 aromatic heterocycles. The third-order valence-corrected chi connectivity index (χ3v) is 5.48. The number of hydrogen-bond donors (Lipinski definition) is 1. The highest BCUT2D eigenvalue weighted by Crippen LogP contribution is 2.25. The summed E-state index contributed by atoms with van der Waals surface area (Å²) in [6, 6.07) is 18.4. The van der Waals surface area contributed by atoms with Crippen molar-refractivity contribution in [1.29, 1.82) is 0 Å². The summed E-state index contributed by atoms with van der Waals surface area (Å²) in [7, 11) is 2.17. The second-order valence-corrected chi connectivity index (χ2v) is 7.63. The van der Waals surface area contributed by atoms with Gasteiger partial charge in [-0.3, -0.25) is 0 Å². The zero-order valence-electron chi connectivity index (χ0n) is 17.4. The molecule has 1 saturated heterocycles. The number of nitrogens with zero attached hydrogens (tertiary/aromatic N) is 7. The molecule has 8 heteroatoms. The van der Waals surface area contributed by atoms with E-state index in [-0.39, 0.29) is 0 Å². The van der Waals surface area contributed by atoms with Gasteiger partial charge in [0.15, 0.2) is 0 Å². The first kappa shape index (κ1) is 19.2. The maximum atomic E-state index is 4.73. The first-order chi connectivity index (χ1) is 15.2. The standard InChI is InChI=1S/C23H24N8/c1-29-13-15-30(16-14-29)21-4-2-3-18(17-21)22-9-10-24-23(27-22)26-19-5-7-20(8-6-19)31-12-11-25-28-31/h2-12,17H,13-16H2,1H3,(H,24,26,27). The molecule has 156 valence electrons. The summed E-state index contributed by atoms with van der Waals surface area (Å²) < 4.78 is 1.72. The molecule has 1 fully saturated rings. The van der Waals surface area contributed by atoms with E-state index in [1.165, 1.54) is 5.69 Å². The minimum Gasteiger partial charge on any atom is -0.369 e. The maximum Gasteiger partial charge on any atom is 0.227 e. The predicted octanol–water partition coefficient (Wildman–Crippen LogP) is 3.22. The van der Waals surface area contributed by atoms with Gasteiger partial charge in [0, 0.05) is 49.3 Å². The Hall–Kier alpha value is -3.78. The van der Waals surface area contributed by atoms with Crippen LogP contribution >= 0.6 is 0 Å². The molecule has 0 radical (unpaired) electrons. The van der Waals surface area contributed by atoms with Crippen LogP contribution in [0.5, 0.6) is 0 Å². The van der Waals surface area contributed by atoms with Crippen molar-refractivity contribution in [2.45, 2.75) is 0 Å². The molecule has 1 N–H and O–H groups in total. The van der Waals surface area contributed by atoms with Gasteiger partial charge in [0.05, 0.1) is 23.8 Å². The van der Waals surface area contributed by atoms with Crippen LogP contribution in [-0.4, -0.2) is 63.1 Å². The van der Waals surface area contributed by atoms with Crippen LogP contribution in [0.2, 0.25) is 0 Å². The Morgan fingerprint density at radius 1 is 0.871 bits per heavy atom. The van der Waals surface area contributed by atoms with Gasteiger partial charge in [0.1, 0.15) is 0 Å². The van der Waals surface area contributed by atoms with E-state index >= 15 is 0 Å². The SMILES string of the molecule is CN1CCN(c2cccc(-c3ccnc(Nc4ccc(-n5ccnn5)cc4)n3)c2)CC1. The topological polar surface area (TPSA) is 75.0 Å². The summed E-state index contributed by atoms with van der Waals surface area (Å²) in [4.78, 5) is 13.9. The van der Waals surface area contributed by atoms with Crippen LogP contribution in [0.25, 0.3) is 16.9 Å². The highest BCUT2D eigenvalue weighted by molar-refractivity contribution is 5.67. The molecular weight excluding hydrogens is 388 g/mol. The normalized spacial score (nSPS) is 14.5. The van der Waals surface area contributed by atoms with Crippen LogP contribution in [0.1, 0.15) is 0 Å². The lowest BCUT2D eigenvalue weighted by Crippen LogP contribution is -2.44. The molecule has 8 nitrogen and oxygen atoms in total. The summed E-state index contributed by atoms with van der Waals surface area (Å²) in [5.74, 6) is 0.566. The van der Waals surface area contributed by atoms with Crippen molar-refractivity contribution < 1.29 is 0 Å². The molecule has 3 heterocycles. The number of benzene rings is 2. The fourth-order valence-electron chi connectivity index (χ4n) is 3.68. The van der Waals surface area contributed by atoms with E-state index in [9.17, 15) is 0 Å². The number of aromatic nitrogens is 5. The Labute approximate surface area is 181 Å². The molecule has 0 bridgehead atoms. The van der Waals surface area contributed by atoms with Crippen LogP contribution < -0.4 is 10.2 Å². The van der Waals surface area contributed by atoms with E-state index in [4.69, 9.17) is 4.98 Å². The second kappa shape index (κ2) is 8.53. The first-order valence-corrected chi connectivity index (χ1v) is 10.4. The van der Waals surface area contributed by atoms with Gasteiger partial charge in [0.2, 0.25) is 5.95 Å². The van der Waals surface area contributed by atoms with Crippen molar-refractivity contribution in [3.8, 4) is 16.9 Å². The van der Waals surface area contributed by atoms with Gasteiger partial charge in [-0.15, -0.1) is 5.10 Å². The Morgan fingerprint density at radius 2 is 1.71 bits per heavy atom. The van der Waals surface area contributed by atoms with Crippen molar-refractivity contribution in [2.24, 2.45) is 0 Å². The lowest BCUT2D eigenvalue weighted by molar-refractivity contribution is 0.313. The van der Waals surface area contributed by atoms with Gasteiger partial charge in [-0.25, -0.2) is 14.6 Å². The Kier molecular flexibility index (Phi) is 5.28. The summed E-state index contributed by atoms with van der Waals surface area (Å²) in [6.45, 7) is 4.26. The third kappa shape index (κ3) is 4.39. The average Bonchev–Trinajstić information content (AvgIpc) is 3.35. The molecule has 31 heavy (non-hydrogen) atoms. The minimum absolute atomic E-state index is 0.566. The Morgan fingerprint density at radius 3 is 2.48 bits per heavy atom. The zero-order chi connectivity index (χ0) is 21.0. The fraction of sp³-hybridized carbons (Fsp3) is 0.217. The molecular formula is C23H24N8. The van der Waals surface area contributed by atoms with Crippen LogP contribution in [-0.2, 0) is 0 Å². The second-order valence-electron chi connectivity index (χ2n) is 7.63. The number of piperazine rings is 1. The first-order valence-electron chi connectivity index (χ1n) is 10.4. The molecule has 0 aliphatic carbocycles. The molecule has 4 aromatic rings. The number of anilines is 3. The van der Waals surface area contributed by atoms with Crippen molar-refractivity contribution in [2.75, 3.05) is 43.4 Å². The molecule has 1 aliphatic heterocycles. The Balaban J connectivity index is 1.33. The summed E-state index contributed by atoms with van der Waals surface area (Å²) in [5.41, 5.74) is 5.07. The largest absolute Gasteiger partial charge is 0.369 e. The van der Waals surface area contributed by atoms with E-state index in [0.29, 0.717) is 5.95 Å². The van der Waals surface area contributed by atoms with E-state index in [1.54, 1.807) is 17.1 Å². The van der Waals surface area contributed by atoms with Crippen LogP contribution in [0, 0.1) is 0 Å². The molecule has 0 amide bonds.